The Kier molecular flexibility index (Phi) is 5.98. The topological polar surface area (TPSA) is 115 Å². The molecule has 1 atom stereocenters. The van der Waals surface area contributed by atoms with Crippen molar-refractivity contribution in [3.63, 3.8) is 0 Å². The first-order valence-electron chi connectivity index (χ1n) is 4.69. The number of nitrogens with two attached hydrogens (primary N) is 3. The zero-order valence-corrected chi connectivity index (χ0v) is 10.1. The van der Waals surface area contributed by atoms with E-state index < -0.39 is 48.5 Å². The van der Waals surface area contributed by atoms with Crippen molar-refractivity contribution in [2.45, 2.75) is 6.18 Å². The van der Waals surface area contributed by atoms with Gasteiger partial charge < -0.3 is 17.2 Å². The van der Waals surface area contributed by atoms with E-state index in [0.717, 1.165) is 4.90 Å². The lowest BCUT2D eigenvalue weighted by molar-refractivity contribution is -0.160. The van der Waals surface area contributed by atoms with Gasteiger partial charge in [-0.25, -0.2) is 0 Å². The summed E-state index contributed by atoms with van der Waals surface area (Å²) in [5.41, 5.74) is 14.7. The molecule has 10 heteroatoms. The number of hydrogen-bond acceptors (Lipinski definition) is 4. The Morgan fingerprint density at radius 2 is 1.50 bits per heavy atom. The Balaban J connectivity index is 4.85. The van der Waals surface area contributed by atoms with E-state index in [1.807, 2.05) is 0 Å². The zero-order valence-electron chi connectivity index (χ0n) is 9.24. The predicted molar refractivity (Wildman–Crippen MR) is 61.2 cm³/mol. The van der Waals surface area contributed by atoms with E-state index in [1.165, 1.54) is 0 Å². The maximum absolute atomic E-state index is 12.6. The predicted octanol–water partition coefficient (Wildman–Crippen LogP) is -1.28. The molecule has 0 aromatic heterocycles. The molecule has 0 fully saturated rings. The summed E-state index contributed by atoms with van der Waals surface area (Å²) in [7, 11) is 0. The molecule has 0 heterocycles. The molecule has 0 aliphatic rings. The lowest BCUT2D eigenvalue weighted by atomic mass is 10.1. The van der Waals surface area contributed by atoms with Crippen LogP contribution in [0.15, 0.2) is 0 Å². The van der Waals surface area contributed by atoms with E-state index in [-0.39, 0.29) is 0 Å². The summed E-state index contributed by atoms with van der Waals surface area (Å²) < 4.78 is 37.7. The maximum atomic E-state index is 12.6. The maximum Gasteiger partial charge on any atom is 0.399 e. The monoisotopic (exact) mass is 286 g/mol. The van der Waals surface area contributed by atoms with Gasteiger partial charge in [-0.1, -0.05) is 12.2 Å². The first-order valence-corrected chi connectivity index (χ1v) is 5.09. The number of carbonyl (C=O) groups is 2. The number of carbonyl (C=O) groups excluding carboxylic acids is 2. The van der Waals surface area contributed by atoms with E-state index in [4.69, 9.17) is 17.2 Å². The second-order valence-corrected chi connectivity index (χ2v) is 4.07. The Labute approximate surface area is 106 Å². The molecule has 0 rings (SSSR count). The van der Waals surface area contributed by atoms with E-state index in [0.29, 0.717) is 0 Å². The van der Waals surface area contributed by atoms with Crippen molar-refractivity contribution in [1.29, 1.82) is 0 Å². The van der Waals surface area contributed by atoms with Crippen LogP contribution in [0.25, 0.3) is 0 Å². The fraction of sp³-hybridized carbons (Fsp3) is 0.625. The summed E-state index contributed by atoms with van der Waals surface area (Å²) in [6, 6.07) is 0. The van der Waals surface area contributed by atoms with Gasteiger partial charge in [0.2, 0.25) is 11.8 Å². The molecule has 0 saturated carbocycles. The Bertz CT molecular complexity index is 332. The van der Waals surface area contributed by atoms with Crippen LogP contribution in [0.3, 0.4) is 0 Å². The third kappa shape index (κ3) is 6.35. The number of thiocarbonyl (C=S) groups is 1. The summed E-state index contributed by atoms with van der Waals surface area (Å²) in [4.78, 5) is 21.4. The number of alkyl halides is 3. The molecule has 104 valence electrons. The number of primary amides is 2. The Morgan fingerprint density at radius 3 is 1.72 bits per heavy atom. The second kappa shape index (κ2) is 6.50. The van der Waals surface area contributed by atoms with Gasteiger partial charge in [-0.3, -0.25) is 14.5 Å². The summed E-state index contributed by atoms with van der Waals surface area (Å²) in [5.74, 6) is -3.91. The molecule has 0 saturated heterocycles. The van der Waals surface area contributed by atoms with Gasteiger partial charge in [0.25, 0.3) is 0 Å². The third-order valence-electron chi connectivity index (χ3n) is 1.94. The van der Waals surface area contributed by atoms with Crippen LogP contribution in [0.2, 0.25) is 0 Å². The van der Waals surface area contributed by atoms with Gasteiger partial charge in [-0.05, 0) is 0 Å². The first kappa shape index (κ1) is 16.6. The van der Waals surface area contributed by atoms with E-state index >= 15 is 0 Å². The Hall–Kier alpha value is -1.42. The SMILES string of the molecule is NC(=O)CN(CC(N)=O)CC(C(N)=S)C(F)(F)F. The van der Waals surface area contributed by atoms with Gasteiger partial charge in [0, 0.05) is 6.54 Å². The van der Waals surface area contributed by atoms with Crippen LogP contribution in [-0.4, -0.2) is 47.5 Å². The van der Waals surface area contributed by atoms with Gasteiger partial charge >= 0.3 is 6.18 Å². The zero-order chi connectivity index (χ0) is 14.5. The molecule has 2 amide bonds. The molecule has 0 radical (unpaired) electrons. The summed E-state index contributed by atoms with van der Waals surface area (Å²) in [5, 5.41) is 0. The van der Waals surface area contributed by atoms with Crippen LogP contribution < -0.4 is 17.2 Å². The highest BCUT2D eigenvalue weighted by Gasteiger charge is 2.42. The van der Waals surface area contributed by atoms with Crippen molar-refractivity contribution in [1.82, 2.24) is 4.90 Å². The van der Waals surface area contributed by atoms with Gasteiger partial charge in [-0.15, -0.1) is 0 Å². The summed E-state index contributed by atoms with van der Waals surface area (Å²) >= 11 is 4.31. The average molecular weight is 286 g/mol. The number of nitrogens with zero attached hydrogens (tertiary/aromatic N) is 1. The van der Waals surface area contributed by atoms with Crippen molar-refractivity contribution in [3.8, 4) is 0 Å². The standard InChI is InChI=1S/C8H13F3N4O2S/c9-8(10,11)4(7(14)18)1-15(2-5(12)16)3-6(13)17/h4H,1-3H2,(H2,12,16)(H2,13,17)(H2,14,18). The largest absolute Gasteiger partial charge is 0.399 e. The van der Waals surface area contributed by atoms with Crippen LogP contribution in [0.1, 0.15) is 0 Å². The van der Waals surface area contributed by atoms with Crippen molar-refractivity contribution < 1.29 is 22.8 Å². The average Bonchev–Trinajstić information content (AvgIpc) is 2.09. The molecule has 0 aliphatic heterocycles. The lowest BCUT2D eigenvalue weighted by Crippen LogP contribution is -2.48. The van der Waals surface area contributed by atoms with Crippen LogP contribution in [-0.2, 0) is 9.59 Å². The highest BCUT2D eigenvalue weighted by Crippen LogP contribution is 2.27. The van der Waals surface area contributed by atoms with Crippen LogP contribution in [0.4, 0.5) is 13.2 Å². The quantitative estimate of drug-likeness (QED) is 0.504. The highest BCUT2D eigenvalue weighted by atomic mass is 32.1. The molecule has 0 aromatic rings. The number of rotatable bonds is 7. The number of amides is 2. The third-order valence-corrected chi connectivity index (χ3v) is 2.22. The molecule has 0 aliphatic carbocycles. The van der Waals surface area contributed by atoms with Crippen molar-refractivity contribution in [2.75, 3.05) is 19.6 Å². The van der Waals surface area contributed by atoms with E-state index in [2.05, 4.69) is 12.2 Å². The fourth-order valence-corrected chi connectivity index (χ4v) is 1.45. The van der Waals surface area contributed by atoms with Crippen LogP contribution >= 0.6 is 12.2 Å². The van der Waals surface area contributed by atoms with Gasteiger partial charge in [0.15, 0.2) is 0 Å². The smallest absolute Gasteiger partial charge is 0.393 e. The molecular formula is C8H13F3N4O2S. The van der Waals surface area contributed by atoms with Crippen molar-refractivity contribution in [2.24, 2.45) is 23.1 Å². The van der Waals surface area contributed by atoms with Crippen LogP contribution in [0, 0.1) is 5.92 Å². The highest BCUT2D eigenvalue weighted by molar-refractivity contribution is 7.80. The minimum atomic E-state index is -4.67. The minimum Gasteiger partial charge on any atom is -0.393 e. The summed E-state index contributed by atoms with van der Waals surface area (Å²) in [6.45, 7) is -1.83. The van der Waals surface area contributed by atoms with Crippen molar-refractivity contribution >= 4 is 29.0 Å². The molecule has 1 unspecified atom stereocenters. The van der Waals surface area contributed by atoms with E-state index in [1.54, 1.807) is 0 Å². The normalized spacial score (nSPS) is 13.3. The van der Waals surface area contributed by atoms with Crippen LogP contribution in [0.5, 0.6) is 0 Å². The molecular weight excluding hydrogens is 273 g/mol. The molecule has 18 heavy (non-hydrogen) atoms. The van der Waals surface area contributed by atoms with E-state index in [9.17, 15) is 22.8 Å². The molecule has 6 N–H and O–H groups in total. The first-order chi connectivity index (χ1) is 8.04. The second-order valence-electron chi connectivity index (χ2n) is 3.60. The van der Waals surface area contributed by atoms with Gasteiger partial charge in [-0.2, -0.15) is 13.2 Å². The molecule has 0 bridgehead atoms. The summed E-state index contributed by atoms with van der Waals surface area (Å²) in [6.07, 6.45) is -4.67. The van der Waals surface area contributed by atoms with Gasteiger partial charge in [0.05, 0.1) is 18.1 Å². The van der Waals surface area contributed by atoms with Crippen molar-refractivity contribution in [3.05, 3.63) is 0 Å². The van der Waals surface area contributed by atoms with Gasteiger partial charge in [0.1, 0.15) is 5.92 Å². The number of halogens is 3. The Morgan fingerprint density at radius 1 is 1.11 bits per heavy atom. The molecule has 0 spiro atoms. The molecule has 0 aromatic carbocycles. The number of hydrogen-bond donors (Lipinski definition) is 3. The lowest BCUT2D eigenvalue weighted by Gasteiger charge is -2.26. The molecule has 6 nitrogen and oxygen atoms in total. The fourth-order valence-electron chi connectivity index (χ4n) is 1.24. The minimum absolute atomic E-state index is 0.544.